The van der Waals surface area contributed by atoms with Crippen molar-refractivity contribution < 1.29 is 5.11 Å². The Morgan fingerprint density at radius 3 is 2.16 bits per heavy atom. The second-order valence-corrected chi connectivity index (χ2v) is 14.9. The van der Waals surface area contributed by atoms with Crippen LogP contribution in [0.2, 0.25) is 0 Å². The Morgan fingerprint density at radius 2 is 1.48 bits per heavy atom. The molecule has 0 aliphatic heterocycles. The Labute approximate surface area is 192 Å². The van der Waals surface area contributed by atoms with Gasteiger partial charge in [-0.15, -0.1) is 0 Å². The van der Waals surface area contributed by atoms with E-state index in [0.717, 1.165) is 42.4 Å². The molecule has 10 atom stereocenters. The van der Waals surface area contributed by atoms with E-state index in [1.807, 2.05) is 0 Å². The Balaban J connectivity index is 1.55. The lowest BCUT2D eigenvalue weighted by atomic mass is 9.32. The molecule has 1 nitrogen and oxygen atoms in total. The van der Waals surface area contributed by atoms with Crippen LogP contribution < -0.4 is 0 Å². The molecule has 0 radical (unpaired) electrons. The Bertz CT molecular complexity index is 766. The maximum Gasteiger partial charge on any atom is 0.0550 e. The lowest BCUT2D eigenvalue weighted by Gasteiger charge is -2.72. The maximum atomic E-state index is 11.0. The van der Waals surface area contributed by atoms with Gasteiger partial charge in [0.2, 0.25) is 0 Å². The summed E-state index contributed by atoms with van der Waals surface area (Å²) in [4.78, 5) is 0. The summed E-state index contributed by atoms with van der Waals surface area (Å²) in [6.45, 7) is 22.4. The van der Waals surface area contributed by atoms with Gasteiger partial charge in [-0.1, -0.05) is 53.7 Å². The average Bonchev–Trinajstić information content (AvgIpc) is 2.99. The SMILES string of the molecule is C=C(C)C1CCC2(C)CCC3(C)C(CCC4C5(C)CC(O)CC(C)(C)C5CCC43C)C12. The molecule has 0 aromatic heterocycles. The number of aliphatic hydroxyl groups excluding tert-OH is 1. The fraction of sp³-hybridized carbons (Fsp3) is 0.933. The number of fused-ring (bicyclic) bond motifs is 7. The van der Waals surface area contributed by atoms with Gasteiger partial charge in [0.1, 0.15) is 0 Å². The van der Waals surface area contributed by atoms with Crippen LogP contribution in [0.25, 0.3) is 0 Å². The first kappa shape index (κ1) is 22.5. The van der Waals surface area contributed by atoms with Crippen LogP contribution >= 0.6 is 0 Å². The van der Waals surface area contributed by atoms with Crippen LogP contribution in [0.15, 0.2) is 12.2 Å². The minimum absolute atomic E-state index is 0.110. The topological polar surface area (TPSA) is 20.2 Å². The molecule has 0 aromatic rings. The molecule has 176 valence electrons. The molecule has 5 aliphatic carbocycles. The van der Waals surface area contributed by atoms with E-state index in [-0.39, 0.29) is 11.5 Å². The molecule has 0 saturated heterocycles. The average molecular weight is 427 g/mol. The smallest absolute Gasteiger partial charge is 0.0550 e. The first-order valence-corrected chi connectivity index (χ1v) is 13.6. The third-order valence-electron chi connectivity index (χ3n) is 13.1. The normalized spacial score (nSPS) is 57.9. The molecule has 5 saturated carbocycles. The van der Waals surface area contributed by atoms with Crippen molar-refractivity contribution in [3.63, 3.8) is 0 Å². The minimum atomic E-state index is -0.110. The van der Waals surface area contributed by atoms with Crippen LogP contribution in [0, 0.1) is 56.7 Å². The fourth-order valence-corrected chi connectivity index (χ4v) is 11.8. The van der Waals surface area contributed by atoms with Crippen molar-refractivity contribution in [2.75, 3.05) is 0 Å². The molecule has 1 N–H and O–H groups in total. The largest absolute Gasteiger partial charge is 0.393 e. The number of rotatable bonds is 1. The van der Waals surface area contributed by atoms with Crippen molar-refractivity contribution in [2.24, 2.45) is 56.7 Å². The summed E-state index contributed by atoms with van der Waals surface area (Å²) >= 11 is 0. The second kappa shape index (κ2) is 6.64. The van der Waals surface area contributed by atoms with Crippen molar-refractivity contribution >= 4 is 0 Å². The highest BCUT2D eigenvalue weighted by Crippen LogP contribution is 2.77. The molecule has 1 heteroatoms. The molecule has 0 amide bonds. The van der Waals surface area contributed by atoms with Crippen LogP contribution in [0.3, 0.4) is 0 Å². The van der Waals surface area contributed by atoms with Crippen molar-refractivity contribution in [1.29, 1.82) is 0 Å². The van der Waals surface area contributed by atoms with E-state index in [1.165, 1.54) is 56.9 Å². The van der Waals surface area contributed by atoms with E-state index in [0.29, 0.717) is 21.7 Å². The van der Waals surface area contributed by atoms with E-state index in [1.54, 1.807) is 0 Å². The molecule has 5 rings (SSSR count). The maximum absolute atomic E-state index is 11.0. The molecule has 0 aromatic carbocycles. The molecular formula is C30H50O. The molecule has 5 fully saturated rings. The number of hydrogen-bond acceptors (Lipinski definition) is 1. The van der Waals surface area contributed by atoms with Crippen LogP contribution in [0.1, 0.15) is 113 Å². The number of aliphatic hydroxyl groups is 1. The zero-order valence-electron chi connectivity index (χ0n) is 21.7. The number of allylic oxidation sites excluding steroid dienone is 1. The van der Waals surface area contributed by atoms with Gasteiger partial charge in [0, 0.05) is 0 Å². The van der Waals surface area contributed by atoms with Gasteiger partial charge in [0.15, 0.2) is 0 Å². The predicted octanol–water partition coefficient (Wildman–Crippen LogP) is 8.02. The Hall–Kier alpha value is -0.300. The van der Waals surface area contributed by atoms with Gasteiger partial charge in [-0.2, -0.15) is 0 Å². The molecule has 0 spiro atoms. The zero-order chi connectivity index (χ0) is 22.6. The summed E-state index contributed by atoms with van der Waals surface area (Å²) < 4.78 is 0. The highest BCUT2D eigenvalue weighted by molar-refractivity contribution is 5.20. The molecule has 10 unspecified atom stereocenters. The van der Waals surface area contributed by atoms with Crippen molar-refractivity contribution in [3.05, 3.63) is 12.2 Å². The van der Waals surface area contributed by atoms with Crippen molar-refractivity contribution in [3.8, 4) is 0 Å². The molecule has 0 bridgehead atoms. The molecular weight excluding hydrogens is 376 g/mol. The summed E-state index contributed by atoms with van der Waals surface area (Å²) in [6, 6.07) is 0. The summed E-state index contributed by atoms with van der Waals surface area (Å²) in [5.41, 5.74) is 3.43. The first-order valence-electron chi connectivity index (χ1n) is 13.6. The fourth-order valence-electron chi connectivity index (χ4n) is 11.8. The van der Waals surface area contributed by atoms with Crippen LogP contribution in [-0.2, 0) is 0 Å². The van der Waals surface area contributed by atoms with Crippen LogP contribution in [-0.4, -0.2) is 11.2 Å². The quantitative estimate of drug-likeness (QED) is 0.421. The van der Waals surface area contributed by atoms with Crippen molar-refractivity contribution in [2.45, 2.75) is 119 Å². The Kier molecular flexibility index (Phi) is 4.82. The summed E-state index contributed by atoms with van der Waals surface area (Å²) in [7, 11) is 0. The molecule has 31 heavy (non-hydrogen) atoms. The minimum Gasteiger partial charge on any atom is -0.393 e. The lowest BCUT2D eigenvalue weighted by Crippen LogP contribution is -2.66. The van der Waals surface area contributed by atoms with Gasteiger partial charge in [-0.25, -0.2) is 0 Å². The zero-order valence-corrected chi connectivity index (χ0v) is 21.7. The second-order valence-electron chi connectivity index (χ2n) is 14.9. The summed E-state index contributed by atoms with van der Waals surface area (Å²) in [6.07, 6.45) is 13.2. The molecule has 0 heterocycles. The van der Waals surface area contributed by atoms with E-state index < -0.39 is 0 Å². The summed E-state index contributed by atoms with van der Waals surface area (Å²) in [5, 5.41) is 11.0. The van der Waals surface area contributed by atoms with Gasteiger partial charge in [0.05, 0.1) is 6.10 Å². The van der Waals surface area contributed by atoms with Gasteiger partial charge >= 0.3 is 0 Å². The van der Waals surface area contributed by atoms with Gasteiger partial charge in [-0.3, -0.25) is 0 Å². The number of hydrogen-bond donors (Lipinski definition) is 1. The van der Waals surface area contributed by atoms with Gasteiger partial charge in [0.25, 0.3) is 0 Å². The van der Waals surface area contributed by atoms with Gasteiger partial charge < -0.3 is 5.11 Å². The van der Waals surface area contributed by atoms with Crippen LogP contribution in [0.4, 0.5) is 0 Å². The third-order valence-corrected chi connectivity index (χ3v) is 13.1. The van der Waals surface area contributed by atoms with E-state index >= 15 is 0 Å². The molecule has 5 aliphatic rings. The third kappa shape index (κ3) is 2.77. The van der Waals surface area contributed by atoms with E-state index in [2.05, 4.69) is 55.0 Å². The van der Waals surface area contributed by atoms with Gasteiger partial charge in [-0.05, 0) is 128 Å². The van der Waals surface area contributed by atoms with Crippen molar-refractivity contribution in [1.82, 2.24) is 0 Å². The van der Waals surface area contributed by atoms with E-state index in [4.69, 9.17) is 0 Å². The standard InChI is InChI=1S/C30H50O/c1-19(2)21-11-13-27(5)15-16-29(7)22(25(21)27)9-10-24-28(6)18-20(31)17-26(3,4)23(28)12-14-30(24,29)8/h20-25,31H,1,9-18H2,2-8H3. The first-order chi connectivity index (χ1) is 14.3. The Morgan fingerprint density at radius 1 is 0.774 bits per heavy atom. The highest BCUT2D eigenvalue weighted by Gasteiger charge is 2.70. The predicted molar refractivity (Wildman–Crippen MR) is 131 cm³/mol. The van der Waals surface area contributed by atoms with Crippen LogP contribution in [0.5, 0.6) is 0 Å². The lowest BCUT2D eigenvalue weighted by molar-refractivity contribution is -0.244. The summed E-state index contributed by atoms with van der Waals surface area (Å²) in [5.74, 6) is 3.99. The van der Waals surface area contributed by atoms with E-state index in [9.17, 15) is 5.11 Å². The highest BCUT2D eigenvalue weighted by atomic mass is 16.3. The monoisotopic (exact) mass is 426 g/mol.